The Kier molecular flexibility index (Phi) is 7.91. The standard InChI is InChI=1S/C20H30N2O4/c1-4-5-12-22-18(23)14-17(20(24)21-11-6-13-25-2)19(22)15-7-9-16(26-3)10-8-15/h7-10,17,19H,4-6,11-14H2,1-3H3,(H,21,24). The van der Waals surface area contributed by atoms with E-state index in [1.165, 1.54) is 0 Å². The summed E-state index contributed by atoms with van der Waals surface area (Å²) in [5, 5.41) is 2.96. The normalized spacial score (nSPS) is 19.7. The molecular weight excluding hydrogens is 332 g/mol. The van der Waals surface area contributed by atoms with E-state index in [2.05, 4.69) is 12.2 Å². The van der Waals surface area contributed by atoms with Gasteiger partial charge >= 0.3 is 0 Å². The predicted molar refractivity (Wildman–Crippen MR) is 100.0 cm³/mol. The molecule has 0 saturated carbocycles. The molecule has 1 fully saturated rings. The van der Waals surface area contributed by atoms with Crippen molar-refractivity contribution in [3.63, 3.8) is 0 Å². The highest BCUT2D eigenvalue weighted by Gasteiger charge is 2.43. The highest BCUT2D eigenvalue weighted by Crippen LogP contribution is 2.39. The van der Waals surface area contributed by atoms with E-state index >= 15 is 0 Å². The van der Waals surface area contributed by atoms with Crippen molar-refractivity contribution in [2.24, 2.45) is 5.92 Å². The van der Waals surface area contributed by atoms with Crippen LogP contribution in [0.2, 0.25) is 0 Å². The van der Waals surface area contributed by atoms with E-state index in [0.717, 1.165) is 30.6 Å². The number of amides is 2. The maximum atomic E-state index is 12.7. The van der Waals surface area contributed by atoms with Crippen LogP contribution in [0.3, 0.4) is 0 Å². The number of hydrogen-bond acceptors (Lipinski definition) is 4. The number of benzene rings is 1. The van der Waals surface area contributed by atoms with Crippen LogP contribution in [0.5, 0.6) is 5.75 Å². The molecule has 144 valence electrons. The largest absolute Gasteiger partial charge is 0.497 e. The SMILES string of the molecule is CCCCN1C(=O)CC(C(=O)NCCCOC)C1c1ccc(OC)cc1. The maximum Gasteiger partial charge on any atom is 0.226 e. The van der Waals surface area contributed by atoms with Gasteiger partial charge in [-0.1, -0.05) is 25.5 Å². The van der Waals surface area contributed by atoms with E-state index in [0.29, 0.717) is 19.7 Å². The Morgan fingerprint density at radius 2 is 1.96 bits per heavy atom. The second-order valence-electron chi connectivity index (χ2n) is 6.61. The molecule has 1 aliphatic heterocycles. The molecule has 1 aliphatic rings. The van der Waals surface area contributed by atoms with Crippen LogP contribution in [0, 0.1) is 5.92 Å². The lowest BCUT2D eigenvalue weighted by molar-refractivity contribution is -0.129. The molecule has 1 aromatic rings. The van der Waals surface area contributed by atoms with Crippen molar-refractivity contribution in [3.8, 4) is 5.75 Å². The van der Waals surface area contributed by atoms with Crippen LogP contribution in [-0.4, -0.2) is 50.6 Å². The monoisotopic (exact) mass is 362 g/mol. The fourth-order valence-electron chi connectivity index (χ4n) is 3.39. The lowest BCUT2D eigenvalue weighted by atomic mass is 9.92. The Morgan fingerprint density at radius 1 is 1.23 bits per heavy atom. The summed E-state index contributed by atoms with van der Waals surface area (Å²) in [7, 11) is 3.26. The van der Waals surface area contributed by atoms with Crippen molar-refractivity contribution in [1.29, 1.82) is 0 Å². The minimum absolute atomic E-state index is 0.0521. The van der Waals surface area contributed by atoms with Gasteiger partial charge in [-0.15, -0.1) is 0 Å². The minimum Gasteiger partial charge on any atom is -0.497 e. The lowest BCUT2D eigenvalue weighted by Crippen LogP contribution is -2.36. The van der Waals surface area contributed by atoms with E-state index in [1.54, 1.807) is 14.2 Å². The molecule has 6 nitrogen and oxygen atoms in total. The van der Waals surface area contributed by atoms with Crippen molar-refractivity contribution in [3.05, 3.63) is 29.8 Å². The summed E-state index contributed by atoms with van der Waals surface area (Å²) in [6, 6.07) is 7.44. The first kappa shape index (κ1) is 20.2. The van der Waals surface area contributed by atoms with Crippen LogP contribution in [0.15, 0.2) is 24.3 Å². The van der Waals surface area contributed by atoms with Crippen molar-refractivity contribution in [2.75, 3.05) is 33.9 Å². The molecule has 0 radical (unpaired) electrons. The number of methoxy groups -OCH3 is 2. The van der Waals surface area contributed by atoms with Crippen molar-refractivity contribution < 1.29 is 19.1 Å². The van der Waals surface area contributed by atoms with Crippen LogP contribution in [0.25, 0.3) is 0 Å². The van der Waals surface area contributed by atoms with Crippen LogP contribution in [0.1, 0.15) is 44.2 Å². The third kappa shape index (κ3) is 4.97. The van der Waals surface area contributed by atoms with E-state index in [-0.39, 0.29) is 30.2 Å². The molecule has 0 spiro atoms. The summed E-state index contributed by atoms with van der Waals surface area (Å²) in [6.07, 6.45) is 2.96. The molecule has 2 atom stereocenters. The zero-order valence-electron chi connectivity index (χ0n) is 16.0. The molecule has 1 saturated heterocycles. The molecule has 1 aromatic carbocycles. The summed E-state index contributed by atoms with van der Waals surface area (Å²) in [6.45, 7) is 3.94. The molecule has 0 aliphatic carbocycles. The summed E-state index contributed by atoms with van der Waals surface area (Å²) >= 11 is 0. The smallest absolute Gasteiger partial charge is 0.226 e. The molecular formula is C20H30N2O4. The van der Waals surface area contributed by atoms with Gasteiger partial charge in [-0.05, 0) is 30.5 Å². The predicted octanol–water partition coefficient (Wildman–Crippen LogP) is 2.54. The molecule has 0 aromatic heterocycles. The zero-order valence-corrected chi connectivity index (χ0v) is 16.0. The average Bonchev–Trinajstić information content (AvgIpc) is 2.99. The molecule has 0 bridgehead atoms. The number of hydrogen-bond donors (Lipinski definition) is 1. The molecule has 1 heterocycles. The summed E-state index contributed by atoms with van der Waals surface area (Å²) in [4.78, 5) is 27.2. The second-order valence-corrected chi connectivity index (χ2v) is 6.61. The van der Waals surface area contributed by atoms with Crippen molar-refractivity contribution >= 4 is 11.8 Å². The van der Waals surface area contributed by atoms with Gasteiger partial charge in [-0.2, -0.15) is 0 Å². The topological polar surface area (TPSA) is 67.9 Å². The number of nitrogens with one attached hydrogen (secondary N) is 1. The van der Waals surface area contributed by atoms with Crippen LogP contribution >= 0.6 is 0 Å². The fourth-order valence-corrected chi connectivity index (χ4v) is 3.39. The van der Waals surface area contributed by atoms with Gasteiger partial charge in [0.1, 0.15) is 5.75 Å². The minimum atomic E-state index is -0.365. The fraction of sp³-hybridized carbons (Fsp3) is 0.600. The van der Waals surface area contributed by atoms with Gasteiger partial charge in [-0.3, -0.25) is 9.59 Å². The Labute approximate surface area is 155 Å². The Hall–Kier alpha value is -2.08. The highest BCUT2D eigenvalue weighted by atomic mass is 16.5. The van der Waals surface area contributed by atoms with Crippen LogP contribution < -0.4 is 10.1 Å². The Bertz CT molecular complexity index is 588. The highest BCUT2D eigenvalue weighted by molar-refractivity contribution is 5.90. The van der Waals surface area contributed by atoms with Gasteiger partial charge < -0.3 is 19.7 Å². The summed E-state index contributed by atoms with van der Waals surface area (Å²) < 4.78 is 10.2. The summed E-state index contributed by atoms with van der Waals surface area (Å²) in [5.41, 5.74) is 0.977. The number of unbranched alkanes of at least 4 members (excludes halogenated alkanes) is 1. The third-order valence-corrected chi connectivity index (χ3v) is 4.80. The molecule has 2 unspecified atom stereocenters. The van der Waals surface area contributed by atoms with E-state index in [9.17, 15) is 9.59 Å². The Morgan fingerprint density at radius 3 is 2.58 bits per heavy atom. The zero-order chi connectivity index (χ0) is 18.9. The van der Waals surface area contributed by atoms with Gasteiger partial charge in [0.2, 0.25) is 11.8 Å². The molecule has 2 rings (SSSR count). The van der Waals surface area contributed by atoms with E-state index < -0.39 is 0 Å². The first-order valence-electron chi connectivity index (χ1n) is 9.32. The average molecular weight is 362 g/mol. The van der Waals surface area contributed by atoms with Gasteiger partial charge in [-0.25, -0.2) is 0 Å². The van der Waals surface area contributed by atoms with Crippen molar-refractivity contribution in [1.82, 2.24) is 10.2 Å². The molecule has 1 N–H and O–H groups in total. The molecule has 6 heteroatoms. The second kappa shape index (κ2) is 10.2. The quantitative estimate of drug-likeness (QED) is 0.650. The van der Waals surface area contributed by atoms with Gasteiger partial charge in [0.05, 0.1) is 19.1 Å². The van der Waals surface area contributed by atoms with E-state index in [1.807, 2.05) is 29.2 Å². The van der Waals surface area contributed by atoms with Crippen LogP contribution in [0.4, 0.5) is 0 Å². The van der Waals surface area contributed by atoms with Crippen molar-refractivity contribution in [2.45, 2.75) is 38.6 Å². The molecule has 26 heavy (non-hydrogen) atoms. The number of ether oxygens (including phenoxy) is 2. The van der Waals surface area contributed by atoms with E-state index in [4.69, 9.17) is 9.47 Å². The van der Waals surface area contributed by atoms with Gasteiger partial charge in [0.25, 0.3) is 0 Å². The number of carbonyl (C=O) groups excluding carboxylic acids is 2. The number of likely N-dealkylation sites (tertiary alicyclic amines) is 1. The number of rotatable bonds is 10. The maximum absolute atomic E-state index is 12.7. The number of carbonyl (C=O) groups is 2. The van der Waals surface area contributed by atoms with Gasteiger partial charge in [0, 0.05) is 33.2 Å². The number of nitrogens with zero attached hydrogens (tertiary/aromatic N) is 1. The first-order valence-corrected chi connectivity index (χ1v) is 9.32. The first-order chi connectivity index (χ1) is 12.6. The van der Waals surface area contributed by atoms with Crippen LogP contribution in [-0.2, 0) is 14.3 Å². The third-order valence-electron chi connectivity index (χ3n) is 4.80. The lowest BCUT2D eigenvalue weighted by Gasteiger charge is -2.28. The van der Waals surface area contributed by atoms with Gasteiger partial charge in [0.15, 0.2) is 0 Å². The Balaban J connectivity index is 2.18. The molecule has 2 amide bonds. The summed E-state index contributed by atoms with van der Waals surface area (Å²) in [5.74, 6) is 0.389.